The van der Waals surface area contributed by atoms with Crippen LogP contribution in [0.5, 0.6) is 5.75 Å². The van der Waals surface area contributed by atoms with Crippen LogP contribution in [0.1, 0.15) is 5.56 Å². The minimum Gasteiger partial charge on any atom is -0.483 e. The van der Waals surface area contributed by atoms with Gasteiger partial charge in [-0.25, -0.2) is 0 Å². The van der Waals surface area contributed by atoms with E-state index in [-0.39, 0.29) is 5.75 Å². The molecular weight excluding hydrogens is 413 g/mol. The lowest BCUT2D eigenvalue weighted by Gasteiger charge is -2.13. The number of H-pyrrole nitrogens is 1. The molecule has 0 atom stereocenters. The molecule has 28 heavy (non-hydrogen) atoms. The number of fused-ring (bicyclic) bond motifs is 1. The molecule has 0 saturated heterocycles. The SMILES string of the molecule is O=C(COc1ccccc1C(F)(F)F)NCCSc1c[nH]c2cc(Cl)ccc12. The predicted molar refractivity (Wildman–Crippen MR) is 104 cm³/mol. The average Bonchev–Trinajstić information content (AvgIpc) is 3.05. The van der Waals surface area contributed by atoms with Gasteiger partial charge in [-0.1, -0.05) is 29.8 Å². The van der Waals surface area contributed by atoms with Crippen molar-refractivity contribution < 1.29 is 22.7 Å². The van der Waals surface area contributed by atoms with Crippen molar-refractivity contribution in [3.63, 3.8) is 0 Å². The molecule has 1 aromatic heterocycles. The van der Waals surface area contributed by atoms with Crippen molar-refractivity contribution in [3.8, 4) is 5.75 Å². The number of aromatic amines is 1. The summed E-state index contributed by atoms with van der Waals surface area (Å²) < 4.78 is 43.7. The molecule has 9 heteroatoms. The molecule has 0 aliphatic carbocycles. The van der Waals surface area contributed by atoms with E-state index in [9.17, 15) is 18.0 Å². The summed E-state index contributed by atoms with van der Waals surface area (Å²) in [7, 11) is 0. The Bertz CT molecular complexity index is 975. The maximum Gasteiger partial charge on any atom is 0.419 e. The lowest BCUT2D eigenvalue weighted by atomic mass is 10.2. The Hall–Kier alpha value is -2.32. The molecular formula is C19H16ClF3N2O2S. The van der Waals surface area contributed by atoms with Crippen LogP contribution in [0, 0.1) is 0 Å². The molecule has 0 fully saturated rings. The first-order valence-electron chi connectivity index (χ1n) is 8.30. The first-order valence-corrected chi connectivity index (χ1v) is 9.66. The van der Waals surface area contributed by atoms with Crippen molar-refractivity contribution in [1.29, 1.82) is 0 Å². The largest absolute Gasteiger partial charge is 0.483 e. The smallest absolute Gasteiger partial charge is 0.419 e. The van der Waals surface area contributed by atoms with Crippen LogP contribution in [-0.4, -0.2) is 29.8 Å². The molecule has 0 aliphatic rings. The second-order valence-electron chi connectivity index (χ2n) is 5.82. The first kappa shape index (κ1) is 20.4. The molecule has 1 amide bonds. The maximum absolute atomic E-state index is 12.9. The lowest BCUT2D eigenvalue weighted by molar-refractivity contribution is -0.139. The summed E-state index contributed by atoms with van der Waals surface area (Å²) in [6.45, 7) is -0.128. The van der Waals surface area contributed by atoms with E-state index >= 15 is 0 Å². The third-order valence-corrected chi connectivity index (χ3v) is 5.13. The van der Waals surface area contributed by atoms with Gasteiger partial charge in [-0.05, 0) is 24.3 Å². The number of carbonyl (C=O) groups excluding carboxylic acids is 1. The zero-order valence-electron chi connectivity index (χ0n) is 14.5. The average molecular weight is 429 g/mol. The van der Waals surface area contributed by atoms with Gasteiger partial charge in [0.15, 0.2) is 6.61 Å². The molecule has 1 heterocycles. The molecule has 3 rings (SSSR count). The molecule has 0 aliphatic heterocycles. The Morgan fingerprint density at radius 3 is 2.79 bits per heavy atom. The van der Waals surface area contributed by atoms with Gasteiger partial charge in [0.2, 0.25) is 0 Å². The topological polar surface area (TPSA) is 54.1 Å². The number of nitrogens with one attached hydrogen (secondary N) is 2. The second-order valence-corrected chi connectivity index (χ2v) is 7.40. The van der Waals surface area contributed by atoms with E-state index in [1.54, 1.807) is 17.8 Å². The third kappa shape index (κ3) is 5.14. The fraction of sp³-hybridized carbons (Fsp3) is 0.211. The molecule has 2 aromatic carbocycles. The normalized spacial score (nSPS) is 11.6. The summed E-state index contributed by atoms with van der Waals surface area (Å²) >= 11 is 7.50. The van der Waals surface area contributed by atoms with Crippen LogP contribution >= 0.6 is 23.4 Å². The quantitative estimate of drug-likeness (QED) is 0.405. The monoisotopic (exact) mass is 428 g/mol. The van der Waals surface area contributed by atoms with Crippen molar-refractivity contribution in [2.75, 3.05) is 18.9 Å². The number of benzene rings is 2. The minimum atomic E-state index is -4.53. The number of thioether (sulfide) groups is 1. The Morgan fingerprint density at radius 1 is 1.21 bits per heavy atom. The number of aromatic nitrogens is 1. The van der Waals surface area contributed by atoms with Crippen LogP contribution in [0.4, 0.5) is 13.2 Å². The highest BCUT2D eigenvalue weighted by atomic mass is 35.5. The Balaban J connectivity index is 1.45. The number of ether oxygens (including phenoxy) is 1. The predicted octanol–water partition coefficient (Wildman–Crippen LogP) is 5.13. The molecule has 4 nitrogen and oxygen atoms in total. The Morgan fingerprint density at radius 2 is 2.00 bits per heavy atom. The first-order chi connectivity index (χ1) is 13.3. The van der Waals surface area contributed by atoms with Crippen LogP contribution in [-0.2, 0) is 11.0 Å². The van der Waals surface area contributed by atoms with Gasteiger partial charge in [0, 0.05) is 39.3 Å². The third-order valence-electron chi connectivity index (χ3n) is 3.84. The molecule has 3 aromatic rings. The van der Waals surface area contributed by atoms with Gasteiger partial charge in [-0.2, -0.15) is 13.2 Å². The standard InChI is InChI=1S/C19H16ClF3N2O2S/c20-12-5-6-13-15(9-12)25-10-17(13)28-8-7-24-18(26)11-27-16-4-2-1-3-14(16)19(21,22)23/h1-6,9-10,25H,7-8,11H2,(H,24,26). The van der Waals surface area contributed by atoms with Crippen LogP contribution in [0.2, 0.25) is 5.02 Å². The number of hydrogen-bond acceptors (Lipinski definition) is 3. The van der Waals surface area contributed by atoms with Crippen LogP contribution in [0.3, 0.4) is 0 Å². The van der Waals surface area contributed by atoms with E-state index in [0.717, 1.165) is 21.9 Å². The maximum atomic E-state index is 12.9. The van der Waals surface area contributed by atoms with Crippen LogP contribution in [0.25, 0.3) is 10.9 Å². The number of hydrogen-bond donors (Lipinski definition) is 2. The number of halogens is 4. The lowest BCUT2D eigenvalue weighted by Crippen LogP contribution is -2.31. The number of rotatable bonds is 7. The van der Waals surface area contributed by atoms with Gasteiger partial charge in [0.05, 0.1) is 5.56 Å². The Labute approximate surface area is 168 Å². The molecule has 0 unspecified atom stereocenters. The molecule has 0 radical (unpaired) electrons. The van der Waals surface area contributed by atoms with E-state index in [1.165, 1.54) is 18.2 Å². The van der Waals surface area contributed by atoms with Crippen molar-refractivity contribution in [2.24, 2.45) is 0 Å². The zero-order valence-corrected chi connectivity index (χ0v) is 16.0. The van der Waals surface area contributed by atoms with Gasteiger partial charge in [-0.15, -0.1) is 11.8 Å². The zero-order chi connectivity index (χ0) is 20.1. The van der Waals surface area contributed by atoms with Gasteiger partial charge >= 0.3 is 6.18 Å². The highest BCUT2D eigenvalue weighted by molar-refractivity contribution is 7.99. The number of para-hydroxylation sites is 1. The fourth-order valence-electron chi connectivity index (χ4n) is 2.56. The van der Waals surface area contributed by atoms with Crippen LogP contribution < -0.4 is 10.1 Å². The van der Waals surface area contributed by atoms with Crippen LogP contribution in [0.15, 0.2) is 53.6 Å². The van der Waals surface area contributed by atoms with Gasteiger partial charge < -0.3 is 15.0 Å². The van der Waals surface area contributed by atoms with Crippen molar-refractivity contribution in [3.05, 3.63) is 59.2 Å². The summed E-state index contributed by atoms with van der Waals surface area (Å²) in [5, 5.41) is 4.31. The van der Waals surface area contributed by atoms with Crippen molar-refractivity contribution in [1.82, 2.24) is 10.3 Å². The summed E-state index contributed by atoms with van der Waals surface area (Å²) in [6.07, 6.45) is -2.67. The van der Waals surface area contributed by atoms with Gasteiger partial charge in [0.25, 0.3) is 5.91 Å². The van der Waals surface area contributed by atoms with E-state index in [4.69, 9.17) is 16.3 Å². The minimum absolute atomic E-state index is 0.355. The highest BCUT2D eigenvalue weighted by Crippen LogP contribution is 2.35. The van der Waals surface area contributed by atoms with Gasteiger partial charge in [-0.3, -0.25) is 4.79 Å². The second kappa shape index (κ2) is 8.79. The van der Waals surface area contributed by atoms with E-state index in [0.29, 0.717) is 17.3 Å². The highest BCUT2D eigenvalue weighted by Gasteiger charge is 2.34. The van der Waals surface area contributed by atoms with E-state index < -0.39 is 24.3 Å². The fourth-order valence-corrected chi connectivity index (χ4v) is 3.64. The molecule has 0 saturated carbocycles. The van der Waals surface area contributed by atoms with Crippen molar-refractivity contribution >= 4 is 40.2 Å². The summed E-state index contributed by atoms with van der Waals surface area (Å²) in [4.78, 5) is 16.0. The molecule has 0 spiro atoms. The molecule has 2 N–H and O–H groups in total. The number of carbonyl (C=O) groups is 1. The summed E-state index contributed by atoms with van der Waals surface area (Å²) in [5.74, 6) is -0.249. The summed E-state index contributed by atoms with van der Waals surface area (Å²) in [6, 6.07) is 10.4. The van der Waals surface area contributed by atoms with E-state index in [1.807, 2.05) is 18.3 Å². The number of alkyl halides is 3. The molecule has 148 valence electrons. The number of amides is 1. The Kier molecular flexibility index (Phi) is 6.41. The van der Waals surface area contributed by atoms with Gasteiger partial charge in [0.1, 0.15) is 5.75 Å². The molecule has 0 bridgehead atoms. The van der Waals surface area contributed by atoms with Crippen molar-refractivity contribution in [2.45, 2.75) is 11.1 Å². The van der Waals surface area contributed by atoms with E-state index in [2.05, 4.69) is 10.3 Å². The summed E-state index contributed by atoms with van der Waals surface area (Å²) in [5.41, 5.74) is 0.0218.